The van der Waals surface area contributed by atoms with Crippen LogP contribution in [0.4, 0.5) is 0 Å². The van der Waals surface area contributed by atoms with E-state index < -0.39 is 41.2 Å². The van der Waals surface area contributed by atoms with E-state index in [9.17, 15) is 24.9 Å². The van der Waals surface area contributed by atoms with E-state index in [1.54, 1.807) is 0 Å². The van der Waals surface area contributed by atoms with Gasteiger partial charge in [0.1, 0.15) is 12.7 Å². The number of fused-ring (bicyclic) bond motifs is 1. The van der Waals surface area contributed by atoms with Crippen LogP contribution in [0.15, 0.2) is 11.6 Å². The molecule has 2 fully saturated rings. The molecule has 2 aliphatic carbocycles. The number of ether oxygens (including phenoxy) is 2. The van der Waals surface area contributed by atoms with Crippen LogP contribution in [0.25, 0.3) is 0 Å². The molecule has 7 heteroatoms. The molecule has 3 N–H and O–H groups in total. The van der Waals surface area contributed by atoms with Crippen LogP contribution < -0.4 is 0 Å². The maximum Gasteiger partial charge on any atom is 0.331 e. The highest BCUT2D eigenvalue weighted by Crippen LogP contribution is 2.66. The summed E-state index contributed by atoms with van der Waals surface area (Å²) in [5.41, 5.74) is -2.27. The second kappa shape index (κ2) is 9.90. The lowest BCUT2D eigenvalue weighted by Gasteiger charge is -2.68. The molecule has 3 aliphatic rings. The normalized spacial score (nSPS) is 38.2. The SMILES string of the molecule is CC(=O)O[C@@H]1C[C@@H](C)[C@](O)(CCC2=CC(=O)OC2)[C@@]2([C@@H](O)CCC(C)C)[C@H](O)CCC(C)(C)[C@H]12. The Kier molecular flexibility index (Phi) is 7.91. The molecule has 0 aromatic heterocycles. The lowest BCUT2D eigenvalue weighted by atomic mass is 9.39. The van der Waals surface area contributed by atoms with Crippen LogP contribution >= 0.6 is 0 Å². The molecule has 1 heterocycles. The molecule has 0 aromatic rings. The van der Waals surface area contributed by atoms with Gasteiger partial charge in [-0.15, -0.1) is 0 Å². The summed E-state index contributed by atoms with van der Waals surface area (Å²) >= 11 is 0. The van der Waals surface area contributed by atoms with Crippen molar-refractivity contribution in [1.29, 1.82) is 0 Å². The summed E-state index contributed by atoms with van der Waals surface area (Å²) in [7, 11) is 0. The Morgan fingerprint density at radius 2 is 1.97 bits per heavy atom. The van der Waals surface area contributed by atoms with E-state index in [4.69, 9.17) is 9.47 Å². The van der Waals surface area contributed by atoms with Gasteiger partial charge in [-0.05, 0) is 67.8 Å². The fourth-order valence-corrected chi connectivity index (χ4v) is 7.38. The Balaban J connectivity index is 2.14. The molecule has 34 heavy (non-hydrogen) atoms. The van der Waals surface area contributed by atoms with Crippen LogP contribution in [0.1, 0.15) is 86.5 Å². The van der Waals surface area contributed by atoms with E-state index >= 15 is 0 Å². The van der Waals surface area contributed by atoms with Crippen molar-refractivity contribution >= 4 is 11.9 Å². The first-order chi connectivity index (χ1) is 15.8. The zero-order chi connectivity index (χ0) is 25.5. The number of esters is 2. The van der Waals surface area contributed by atoms with Gasteiger partial charge in [0, 0.05) is 18.9 Å². The van der Waals surface area contributed by atoms with Crippen molar-refractivity contribution in [3.8, 4) is 0 Å². The second-order valence-corrected chi connectivity index (χ2v) is 12.1. The van der Waals surface area contributed by atoms with Gasteiger partial charge in [-0.1, -0.05) is 34.6 Å². The number of hydrogen-bond donors (Lipinski definition) is 3. The van der Waals surface area contributed by atoms with E-state index in [1.807, 2.05) is 6.92 Å². The van der Waals surface area contributed by atoms with Crippen molar-refractivity contribution < 1.29 is 34.4 Å². The molecule has 0 saturated heterocycles. The van der Waals surface area contributed by atoms with Crippen LogP contribution in [-0.2, 0) is 19.1 Å². The van der Waals surface area contributed by atoms with Gasteiger partial charge >= 0.3 is 11.9 Å². The van der Waals surface area contributed by atoms with Gasteiger partial charge in [0.25, 0.3) is 0 Å². The summed E-state index contributed by atoms with van der Waals surface area (Å²) in [6, 6.07) is 0. The first-order valence-corrected chi connectivity index (χ1v) is 12.9. The van der Waals surface area contributed by atoms with Gasteiger partial charge in [0.05, 0.1) is 23.2 Å². The molecule has 194 valence electrons. The Labute approximate surface area is 203 Å². The van der Waals surface area contributed by atoms with Crippen LogP contribution in [-0.4, -0.2) is 57.8 Å². The van der Waals surface area contributed by atoms with Gasteiger partial charge in [0.2, 0.25) is 0 Å². The zero-order valence-corrected chi connectivity index (χ0v) is 21.7. The van der Waals surface area contributed by atoms with Crippen LogP contribution in [0, 0.1) is 28.6 Å². The fraction of sp³-hybridized carbons (Fsp3) is 0.852. The summed E-state index contributed by atoms with van der Waals surface area (Å²) in [6.45, 7) is 11.9. The highest BCUT2D eigenvalue weighted by molar-refractivity contribution is 5.85. The van der Waals surface area contributed by atoms with Gasteiger partial charge < -0.3 is 24.8 Å². The van der Waals surface area contributed by atoms with Crippen LogP contribution in [0.2, 0.25) is 0 Å². The van der Waals surface area contributed by atoms with E-state index in [2.05, 4.69) is 27.7 Å². The smallest absolute Gasteiger partial charge is 0.331 e. The number of aliphatic hydroxyl groups is 3. The van der Waals surface area contributed by atoms with Crippen molar-refractivity contribution in [2.45, 2.75) is 110 Å². The standard InChI is InChI=1S/C27H44O7/c1-16(2)7-8-21(29)27-22(30)10-11-25(5,6)24(27)20(34-18(4)28)13-17(3)26(27,32)12-9-19-14-23(31)33-15-19/h14,16-17,20-22,24,29-30,32H,7-13,15H2,1-6H3/t17-,20-,21+,22-,24+,26-,27+/m1/s1. The molecular weight excluding hydrogens is 436 g/mol. The number of carbonyl (C=O) groups is 2. The van der Waals surface area contributed by atoms with E-state index in [1.165, 1.54) is 13.0 Å². The molecule has 0 amide bonds. The lowest BCUT2D eigenvalue weighted by Crippen LogP contribution is -2.76. The van der Waals surface area contributed by atoms with E-state index in [0.29, 0.717) is 38.0 Å². The fourth-order valence-electron chi connectivity index (χ4n) is 7.38. The maximum atomic E-state index is 12.6. The molecule has 1 aliphatic heterocycles. The highest BCUT2D eigenvalue weighted by Gasteiger charge is 2.72. The van der Waals surface area contributed by atoms with Crippen molar-refractivity contribution in [1.82, 2.24) is 0 Å². The minimum atomic E-state index is -1.42. The summed E-state index contributed by atoms with van der Waals surface area (Å²) in [5.74, 6) is -1.19. The largest absolute Gasteiger partial charge is 0.462 e. The number of aliphatic hydroxyl groups excluding tert-OH is 2. The van der Waals surface area contributed by atoms with Crippen molar-refractivity contribution in [2.75, 3.05) is 6.61 Å². The molecule has 0 spiro atoms. The van der Waals surface area contributed by atoms with Crippen LogP contribution in [0.3, 0.4) is 0 Å². The first-order valence-electron chi connectivity index (χ1n) is 12.9. The minimum Gasteiger partial charge on any atom is -0.462 e. The third kappa shape index (κ3) is 4.68. The molecule has 0 aromatic carbocycles. The monoisotopic (exact) mass is 480 g/mol. The lowest BCUT2D eigenvalue weighted by molar-refractivity contribution is -0.318. The van der Waals surface area contributed by atoms with Gasteiger partial charge in [-0.25, -0.2) is 4.79 Å². The number of hydrogen-bond acceptors (Lipinski definition) is 7. The highest BCUT2D eigenvalue weighted by atomic mass is 16.5. The Morgan fingerprint density at radius 3 is 2.53 bits per heavy atom. The van der Waals surface area contributed by atoms with Gasteiger partial charge in [-0.3, -0.25) is 4.79 Å². The number of carbonyl (C=O) groups excluding carboxylic acids is 2. The van der Waals surface area contributed by atoms with Gasteiger partial charge in [0.15, 0.2) is 0 Å². The topological polar surface area (TPSA) is 113 Å². The van der Waals surface area contributed by atoms with Gasteiger partial charge in [-0.2, -0.15) is 0 Å². The van der Waals surface area contributed by atoms with Crippen molar-refractivity contribution in [2.24, 2.45) is 28.6 Å². The van der Waals surface area contributed by atoms with Crippen molar-refractivity contribution in [3.63, 3.8) is 0 Å². The molecule has 0 radical (unpaired) electrons. The molecule has 3 rings (SSSR count). The Hall–Kier alpha value is -1.44. The number of rotatable bonds is 8. The average molecular weight is 481 g/mol. The predicted octanol–water partition coefficient (Wildman–Crippen LogP) is 3.53. The average Bonchev–Trinajstić information content (AvgIpc) is 3.15. The minimum absolute atomic E-state index is 0.208. The molecular formula is C27H44O7. The first kappa shape index (κ1) is 27.2. The molecule has 2 saturated carbocycles. The molecule has 7 atom stereocenters. The summed E-state index contributed by atoms with van der Waals surface area (Å²) in [4.78, 5) is 23.7. The van der Waals surface area contributed by atoms with Crippen LogP contribution in [0.5, 0.6) is 0 Å². The third-order valence-corrected chi connectivity index (χ3v) is 8.93. The quantitative estimate of drug-likeness (QED) is 0.456. The summed E-state index contributed by atoms with van der Waals surface area (Å²) in [6.07, 6.45) is 2.54. The van der Waals surface area contributed by atoms with Crippen molar-refractivity contribution in [3.05, 3.63) is 11.6 Å². The summed E-state index contributed by atoms with van der Waals surface area (Å²) in [5, 5.41) is 36.2. The summed E-state index contributed by atoms with van der Waals surface area (Å²) < 4.78 is 10.9. The Bertz CT molecular complexity index is 803. The second-order valence-electron chi connectivity index (χ2n) is 12.1. The molecule has 7 nitrogen and oxygen atoms in total. The maximum absolute atomic E-state index is 12.6. The number of cyclic esters (lactones) is 1. The van der Waals surface area contributed by atoms with E-state index in [-0.39, 0.29) is 30.3 Å². The Morgan fingerprint density at radius 1 is 1.29 bits per heavy atom. The molecule has 0 unspecified atom stereocenters. The van der Waals surface area contributed by atoms with E-state index in [0.717, 1.165) is 12.0 Å². The zero-order valence-electron chi connectivity index (χ0n) is 21.7. The third-order valence-electron chi connectivity index (χ3n) is 8.93. The molecule has 0 bridgehead atoms. The predicted molar refractivity (Wildman–Crippen MR) is 128 cm³/mol.